The Hall–Kier alpha value is -3.24. The second-order valence-electron chi connectivity index (χ2n) is 5.79. The zero-order chi connectivity index (χ0) is 20.7. The number of benzene rings is 2. The molecule has 0 radical (unpaired) electrons. The third-order valence-corrected chi connectivity index (χ3v) is 3.81. The highest BCUT2D eigenvalue weighted by Crippen LogP contribution is 2.38. The molecule has 1 unspecified atom stereocenters. The van der Waals surface area contributed by atoms with Gasteiger partial charge in [0.05, 0.1) is 16.7 Å². The first kappa shape index (κ1) is 19.5. The molecule has 1 heterocycles. The summed E-state index contributed by atoms with van der Waals surface area (Å²) in [4.78, 5) is 15.9. The van der Waals surface area contributed by atoms with E-state index in [2.05, 4.69) is 10.5 Å². The van der Waals surface area contributed by atoms with Gasteiger partial charge in [0.1, 0.15) is 0 Å². The molecule has 3 rings (SSSR count). The Morgan fingerprint density at radius 1 is 1.00 bits per heavy atom. The maximum Gasteiger partial charge on any atom is 0.416 e. The third-order valence-electron chi connectivity index (χ3n) is 3.81. The van der Waals surface area contributed by atoms with Gasteiger partial charge in [0.15, 0.2) is 5.84 Å². The van der Waals surface area contributed by atoms with E-state index < -0.39 is 41.2 Å². The minimum absolute atomic E-state index is 0.0105. The van der Waals surface area contributed by atoms with Gasteiger partial charge in [-0.05, 0) is 30.3 Å². The first-order chi connectivity index (χ1) is 12.9. The van der Waals surface area contributed by atoms with E-state index in [1.54, 1.807) is 0 Å². The zero-order valence-corrected chi connectivity index (χ0v) is 13.6. The number of halogens is 6. The predicted octanol–water partition coefficient (Wildman–Crippen LogP) is 4.40. The Kier molecular flexibility index (Phi) is 4.69. The van der Waals surface area contributed by atoms with Gasteiger partial charge >= 0.3 is 18.3 Å². The zero-order valence-electron chi connectivity index (χ0n) is 13.6. The maximum absolute atomic E-state index is 13.0. The van der Waals surface area contributed by atoms with Crippen LogP contribution in [0.1, 0.15) is 38.8 Å². The topological polar surface area (TPSA) is 70.9 Å². The third kappa shape index (κ3) is 4.02. The summed E-state index contributed by atoms with van der Waals surface area (Å²) in [5, 5.41) is 15.1. The van der Waals surface area contributed by atoms with Gasteiger partial charge < -0.3 is 15.3 Å². The second kappa shape index (κ2) is 6.73. The van der Waals surface area contributed by atoms with Gasteiger partial charge in [0.2, 0.25) is 6.23 Å². The van der Waals surface area contributed by atoms with Gasteiger partial charge in [-0.2, -0.15) is 26.3 Å². The van der Waals surface area contributed by atoms with Crippen LogP contribution in [0.3, 0.4) is 0 Å². The molecule has 11 heteroatoms. The summed E-state index contributed by atoms with van der Waals surface area (Å²) in [6.45, 7) is 0. The summed E-state index contributed by atoms with van der Waals surface area (Å²) in [6, 6.07) is 6.46. The highest BCUT2D eigenvalue weighted by Gasteiger charge is 2.38. The fourth-order valence-electron chi connectivity index (χ4n) is 2.49. The first-order valence-corrected chi connectivity index (χ1v) is 7.58. The molecule has 0 aromatic heterocycles. The maximum atomic E-state index is 13.0. The van der Waals surface area contributed by atoms with E-state index in [-0.39, 0.29) is 23.0 Å². The molecule has 2 N–H and O–H groups in total. The lowest BCUT2D eigenvalue weighted by atomic mass is 10.0. The van der Waals surface area contributed by atoms with Crippen LogP contribution >= 0.6 is 0 Å². The number of nitrogens with zero attached hydrogens (tertiary/aromatic N) is 1. The van der Waals surface area contributed by atoms with Crippen molar-refractivity contribution in [3.05, 3.63) is 70.3 Å². The van der Waals surface area contributed by atoms with E-state index in [0.29, 0.717) is 12.1 Å². The van der Waals surface area contributed by atoms with Crippen LogP contribution < -0.4 is 5.32 Å². The standard InChI is InChI=1S/C17H10F6N2O3/c18-16(19,20)11-5-10(6-12(7-11)17(21,22)23)14-24-13(25-28-14)8-2-1-3-9(4-8)15(26)27/h1-7,14H,(H,24,25)(H,26,27). The number of carboxylic acids is 1. The first-order valence-electron chi connectivity index (χ1n) is 7.58. The van der Waals surface area contributed by atoms with E-state index in [1.807, 2.05) is 0 Å². The molecule has 0 saturated heterocycles. The van der Waals surface area contributed by atoms with E-state index >= 15 is 0 Å². The second-order valence-corrected chi connectivity index (χ2v) is 5.79. The quantitative estimate of drug-likeness (QED) is 0.744. The number of carboxylic acid groups (broad SMARTS) is 1. The van der Waals surface area contributed by atoms with Gasteiger partial charge in [0.25, 0.3) is 0 Å². The van der Waals surface area contributed by atoms with Crippen LogP contribution in [0.25, 0.3) is 0 Å². The fourth-order valence-corrected chi connectivity index (χ4v) is 2.49. The monoisotopic (exact) mass is 404 g/mol. The van der Waals surface area contributed by atoms with Crippen molar-refractivity contribution >= 4 is 11.8 Å². The molecule has 1 atom stereocenters. The van der Waals surface area contributed by atoms with E-state index in [9.17, 15) is 31.1 Å². The Balaban J connectivity index is 1.92. The number of oxime groups is 1. The van der Waals surface area contributed by atoms with Gasteiger partial charge in [0, 0.05) is 11.1 Å². The summed E-state index contributed by atoms with van der Waals surface area (Å²) in [5.74, 6) is -1.25. The fraction of sp³-hybridized carbons (Fsp3) is 0.176. The van der Waals surface area contributed by atoms with Crippen LogP contribution in [0.2, 0.25) is 0 Å². The number of carbonyl (C=O) groups is 1. The molecule has 1 aliphatic rings. The van der Waals surface area contributed by atoms with Crippen molar-refractivity contribution in [3.63, 3.8) is 0 Å². The van der Waals surface area contributed by atoms with Crippen molar-refractivity contribution in [3.8, 4) is 0 Å². The molecule has 1 aliphatic heterocycles. The summed E-state index contributed by atoms with van der Waals surface area (Å²) in [7, 11) is 0. The van der Waals surface area contributed by atoms with Gasteiger partial charge in [-0.3, -0.25) is 0 Å². The number of alkyl halides is 6. The molecule has 28 heavy (non-hydrogen) atoms. The van der Waals surface area contributed by atoms with E-state index in [4.69, 9.17) is 9.94 Å². The van der Waals surface area contributed by atoms with Crippen LogP contribution in [0.15, 0.2) is 47.6 Å². The molecule has 0 fully saturated rings. The van der Waals surface area contributed by atoms with Crippen LogP contribution in [0, 0.1) is 0 Å². The predicted molar refractivity (Wildman–Crippen MR) is 83.3 cm³/mol. The van der Waals surface area contributed by atoms with Crippen molar-refractivity contribution < 1.29 is 41.1 Å². The van der Waals surface area contributed by atoms with Gasteiger partial charge in [-0.1, -0.05) is 17.3 Å². The van der Waals surface area contributed by atoms with E-state index in [1.165, 1.54) is 24.3 Å². The number of aromatic carboxylic acids is 1. The highest BCUT2D eigenvalue weighted by atomic mass is 19.4. The average Bonchev–Trinajstić information content (AvgIpc) is 3.10. The molecule has 0 spiro atoms. The molecule has 5 nitrogen and oxygen atoms in total. The lowest BCUT2D eigenvalue weighted by Gasteiger charge is -2.17. The van der Waals surface area contributed by atoms with Gasteiger partial charge in [-0.15, -0.1) is 0 Å². The molecule has 2 aromatic rings. The number of hydrogen-bond donors (Lipinski definition) is 2. The van der Waals surface area contributed by atoms with Gasteiger partial charge in [-0.25, -0.2) is 4.79 Å². The van der Waals surface area contributed by atoms with Crippen molar-refractivity contribution in [2.45, 2.75) is 18.6 Å². The van der Waals surface area contributed by atoms with Crippen molar-refractivity contribution in [1.82, 2.24) is 5.32 Å². The summed E-state index contributed by atoms with van der Waals surface area (Å²) in [6.07, 6.45) is -11.4. The number of nitrogens with one attached hydrogen (secondary N) is 1. The molecule has 0 bridgehead atoms. The lowest BCUT2D eigenvalue weighted by molar-refractivity contribution is -0.143. The SMILES string of the molecule is O=C(O)c1cccc(C2=NOC(c3cc(C(F)(F)F)cc(C(F)(F)F)c3)N2)c1. The van der Waals surface area contributed by atoms with Crippen LogP contribution in [0.5, 0.6) is 0 Å². The minimum Gasteiger partial charge on any atom is -0.478 e. The molecule has 2 aromatic carbocycles. The molecule has 0 amide bonds. The summed E-state index contributed by atoms with van der Waals surface area (Å²) >= 11 is 0. The normalized spacial score (nSPS) is 16.9. The average molecular weight is 404 g/mol. The number of rotatable bonds is 3. The number of amidine groups is 1. The molecular weight excluding hydrogens is 394 g/mol. The Morgan fingerprint density at radius 3 is 2.14 bits per heavy atom. The summed E-state index contributed by atoms with van der Waals surface area (Å²) in [5.41, 5.74) is -3.24. The molecule has 148 valence electrons. The van der Waals surface area contributed by atoms with Crippen molar-refractivity contribution in [2.75, 3.05) is 0 Å². The van der Waals surface area contributed by atoms with Crippen LogP contribution in [-0.4, -0.2) is 16.9 Å². The van der Waals surface area contributed by atoms with Crippen LogP contribution in [-0.2, 0) is 17.2 Å². The van der Waals surface area contributed by atoms with Crippen molar-refractivity contribution in [1.29, 1.82) is 0 Å². The summed E-state index contributed by atoms with van der Waals surface area (Å²) < 4.78 is 77.8. The number of hydrogen-bond acceptors (Lipinski definition) is 4. The highest BCUT2D eigenvalue weighted by molar-refractivity contribution is 6.01. The Morgan fingerprint density at radius 2 is 1.61 bits per heavy atom. The lowest BCUT2D eigenvalue weighted by Crippen LogP contribution is -2.24. The Bertz CT molecular complexity index is 920. The molecule has 0 aliphatic carbocycles. The molecule has 0 saturated carbocycles. The minimum atomic E-state index is -4.99. The Labute approximate surface area is 153 Å². The largest absolute Gasteiger partial charge is 0.478 e. The molecular formula is C17H10F6N2O3. The van der Waals surface area contributed by atoms with Crippen LogP contribution in [0.4, 0.5) is 26.3 Å². The smallest absolute Gasteiger partial charge is 0.416 e. The van der Waals surface area contributed by atoms with Crippen molar-refractivity contribution in [2.24, 2.45) is 5.16 Å². The van der Waals surface area contributed by atoms with E-state index in [0.717, 1.165) is 0 Å².